The normalized spacial score (nSPS) is 30.7. The van der Waals surface area contributed by atoms with Crippen molar-refractivity contribution in [1.82, 2.24) is 20.1 Å². The molecule has 4 bridgehead atoms. The number of nitrogens with one attached hydrogen (secondary N) is 2. The molecule has 0 unspecified atom stereocenters. The Hall–Kier alpha value is -2.41. The molecule has 4 fully saturated rings. The first kappa shape index (κ1) is 19.5. The van der Waals surface area contributed by atoms with Crippen LogP contribution in [0, 0.1) is 23.2 Å². The van der Waals surface area contributed by atoms with Gasteiger partial charge in [-0.3, -0.25) is 14.0 Å². The van der Waals surface area contributed by atoms with E-state index < -0.39 is 6.04 Å². The molecular weight excluding hydrogens is 402 g/mol. The number of aromatic nitrogens is 2. The highest BCUT2D eigenvalue weighted by molar-refractivity contribution is 6.32. The van der Waals surface area contributed by atoms with E-state index in [1.54, 1.807) is 11.3 Å². The lowest BCUT2D eigenvalue weighted by Gasteiger charge is -2.55. The van der Waals surface area contributed by atoms with Crippen LogP contribution in [0.2, 0.25) is 5.15 Å². The number of hydrogen-bond acceptors (Lipinski definition) is 4. The average molecular weight is 428 g/mol. The number of carbonyl (C=O) groups excluding carboxylic acids is 2. The molecule has 2 N–H and O–H groups in total. The molecule has 8 heteroatoms. The number of carbonyl (C=O) groups is 2. The summed E-state index contributed by atoms with van der Waals surface area (Å²) in [5, 5.41) is 7.28. The maximum absolute atomic E-state index is 13.1. The van der Waals surface area contributed by atoms with E-state index in [-0.39, 0.29) is 17.2 Å². The summed E-state index contributed by atoms with van der Waals surface area (Å²) in [6, 6.07) is 4.92. The van der Waals surface area contributed by atoms with E-state index in [9.17, 15) is 9.59 Å². The van der Waals surface area contributed by atoms with Crippen LogP contribution < -0.4 is 10.7 Å². The van der Waals surface area contributed by atoms with Crippen molar-refractivity contribution in [3.8, 4) is 0 Å². The van der Waals surface area contributed by atoms with E-state index in [0.717, 1.165) is 19.3 Å². The van der Waals surface area contributed by atoms with E-state index in [1.165, 1.54) is 25.5 Å². The molecule has 0 aromatic carbocycles. The zero-order chi connectivity index (χ0) is 20.9. The van der Waals surface area contributed by atoms with Crippen molar-refractivity contribution in [1.29, 1.82) is 0 Å². The molecule has 7 nitrogen and oxygen atoms in total. The highest BCUT2D eigenvalue weighted by Gasteiger charge is 2.54. The summed E-state index contributed by atoms with van der Waals surface area (Å²) in [5.41, 5.74) is 3.52. The number of amides is 2. The molecule has 2 heterocycles. The van der Waals surface area contributed by atoms with Crippen LogP contribution in [0.25, 0.3) is 5.65 Å². The van der Waals surface area contributed by atoms with Crippen LogP contribution in [0.1, 0.15) is 51.1 Å². The minimum atomic E-state index is -0.652. The second-order valence-electron chi connectivity index (χ2n) is 9.34. The second kappa shape index (κ2) is 7.38. The number of imidazole rings is 1. The van der Waals surface area contributed by atoms with E-state index >= 15 is 0 Å². The van der Waals surface area contributed by atoms with Crippen molar-refractivity contribution in [2.75, 3.05) is 0 Å². The van der Waals surface area contributed by atoms with Crippen LogP contribution in [0.3, 0.4) is 0 Å². The fourth-order valence-corrected chi connectivity index (χ4v) is 6.39. The molecule has 0 saturated heterocycles. The number of halogens is 1. The van der Waals surface area contributed by atoms with E-state index in [2.05, 4.69) is 20.8 Å². The minimum absolute atomic E-state index is 0.0399. The lowest BCUT2D eigenvalue weighted by molar-refractivity contribution is -0.148. The Balaban J connectivity index is 1.21. The van der Waals surface area contributed by atoms with Gasteiger partial charge in [0.1, 0.15) is 17.4 Å². The molecule has 4 saturated carbocycles. The highest BCUT2D eigenvalue weighted by Crippen LogP contribution is 2.60. The summed E-state index contributed by atoms with van der Waals surface area (Å²) in [4.78, 5) is 29.8. The van der Waals surface area contributed by atoms with Gasteiger partial charge in [0.2, 0.25) is 5.91 Å². The molecule has 1 atom stereocenters. The average Bonchev–Trinajstić information content (AvgIpc) is 3.02. The first-order valence-electron chi connectivity index (χ1n) is 10.7. The first-order valence-corrected chi connectivity index (χ1v) is 11.1. The van der Waals surface area contributed by atoms with E-state index in [1.807, 2.05) is 24.4 Å². The molecule has 0 radical (unpaired) electrons. The van der Waals surface area contributed by atoms with Gasteiger partial charge in [-0.15, -0.1) is 0 Å². The quantitative estimate of drug-likeness (QED) is 0.567. The van der Waals surface area contributed by atoms with Crippen molar-refractivity contribution in [2.45, 2.75) is 51.5 Å². The molecule has 2 amide bonds. The molecule has 4 aliphatic carbocycles. The van der Waals surface area contributed by atoms with Crippen molar-refractivity contribution in [2.24, 2.45) is 28.3 Å². The molecule has 158 valence electrons. The number of pyridine rings is 1. The molecule has 4 aliphatic rings. The lowest BCUT2D eigenvalue weighted by Crippen LogP contribution is -2.56. The third kappa shape index (κ3) is 3.39. The van der Waals surface area contributed by atoms with E-state index in [4.69, 9.17) is 11.6 Å². The Morgan fingerprint density at radius 2 is 1.90 bits per heavy atom. The zero-order valence-electron chi connectivity index (χ0n) is 17.0. The predicted octanol–water partition coefficient (Wildman–Crippen LogP) is 3.16. The van der Waals surface area contributed by atoms with Gasteiger partial charge in [-0.1, -0.05) is 17.7 Å². The standard InChI is InChI=1S/C22H26ClN5O2/c1-13(25-21(30)22-9-14-6-15(10-22)8-16(7-14)11-22)20(29)27-24-12-17-19(23)26-18-4-2-3-5-28(17)18/h2-5,12-16H,6-11H2,1H3,(H,25,30)(H,27,29)/b24-12-/t13-,14?,15?,16?,22?/m1/s1. The van der Waals surface area contributed by atoms with Gasteiger partial charge in [0.25, 0.3) is 5.91 Å². The SMILES string of the molecule is C[C@@H](NC(=O)C12CC3CC(CC(C3)C1)C2)C(=O)N/N=C\c1c(Cl)nc2ccccn12. The van der Waals surface area contributed by atoms with Crippen LogP contribution >= 0.6 is 11.6 Å². The van der Waals surface area contributed by atoms with Gasteiger partial charge in [-0.25, -0.2) is 10.4 Å². The number of hydrogen-bond donors (Lipinski definition) is 2. The topological polar surface area (TPSA) is 87.9 Å². The van der Waals surface area contributed by atoms with Gasteiger partial charge >= 0.3 is 0 Å². The van der Waals surface area contributed by atoms with Gasteiger partial charge in [0.05, 0.1) is 6.21 Å². The Morgan fingerprint density at radius 3 is 2.57 bits per heavy atom. The summed E-state index contributed by atoms with van der Waals surface area (Å²) < 4.78 is 1.79. The van der Waals surface area contributed by atoms with Crippen LogP contribution in [0.15, 0.2) is 29.5 Å². The highest BCUT2D eigenvalue weighted by atomic mass is 35.5. The summed E-state index contributed by atoms with van der Waals surface area (Å²) in [5.74, 6) is 1.75. The van der Waals surface area contributed by atoms with Crippen LogP contribution in [0.4, 0.5) is 0 Å². The van der Waals surface area contributed by atoms with Crippen LogP contribution in [-0.2, 0) is 9.59 Å². The van der Waals surface area contributed by atoms with Crippen molar-refractivity contribution in [3.63, 3.8) is 0 Å². The maximum Gasteiger partial charge on any atom is 0.262 e. The Bertz CT molecular complexity index is 994. The number of hydrazone groups is 1. The van der Waals surface area contributed by atoms with Crippen molar-refractivity contribution >= 4 is 35.3 Å². The molecule has 0 spiro atoms. The summed E-state index contributed by atoms with van der Waals surface area (Å²) >= 11 is 6.17. The number of nitrogens with zero attached hydrogens (tertiary/aromatic N) is 3. The van der Waals surface area contributed by atoms with Crippen LogP contribution in [-0.4, -0.2) is 33.5 Å². The predicted molar refractivity (Wildman–Crippen MR) is 114 cm³/mol. The largest absolute Gasteiger partial charge is 0.344 e. The van der Waals surface area contributed by atoms with Crippen molar-refractivity contribution in [3.05, 3.63) is 35.2 Å². The van der Waals surface area contributed by atoms with Gasteiger partial charge in [-0.05, 0) is 75.3 Å². The molecule has 2 aromatic rings. The van der Waals surface area contributed by atoms with E-state index in [0.29, 0.717) is 34.2 Å². The smallest absolute Gasteiger partial charge is 0.262 e. The fourth-order valence-electron chi connectivity index (χ4n) is 6.16. The summed E-state index contributed by atoms with van der Waals surface area (Å²) in [6.45, 7) is 1.70. The Morgan fingerprint density at radius 1 is 1.23 bits per heavy atom. The van der Waals surface area contributed by atoms with Gasteiger partial charge in [-0.2, -0.15) is 5.10 Å². The number of rotatable bonds is 5. The first-order chi connectivity index (χ1) is 14.4. The molecule has 2 aromatic heterocycles. The van der Waals surface area contributed by atoms with Gasteiger partial charge in [0.15, 0.2) is 5.15 Å². The van der Waals surface area contributed by atoms with Gasteiger partial charge in [0, 0.05) is 11.6 Å². The fraction of sp³-hybridized carbons (Fsp3) is 0.545. The van der Waals surface area contributed by atoms with Crippen LogP contribution in [0.5, 0.6) is 0 Å². The third-order valence-electron chi connectivity index (χ3n) is 7.14. The maximum atomic E-state index is 13.1. The second-order valence-corrected chi connectivity index (χ2v) is 9.70. The molecule has 30 heavy (non-hydrogen) atoms. The Labute approximate surface area is 180 Å². The summed E-state index contributed by atoms with van der Waals surface area (Å²) in [7, 11) is 0. The molecular formula is C22H26ClN5O2. The Kier molecular flexibility index (Phi) is 4.81. The van der Waals surface area contributed by atoms with Crippen molar-refractivity contribution < 1.29 is 9.59 Å². The minimum Gasteiger partial charge on any atom is -0.344 e. The lowest BCUT2D eigenvalue weighted by atomic mass is 9.49. The monoisotopic (exact) mass is 427 g/mol. The number of fused-ring (bicyclic) bond motifs is 1. The zero-order valence-corrected chi connectivity index (χ0v) is 17.7. The molecule has 6 rings (SSSR count). The van der Waals surface area contributed by atoms with Gasteiger partial charge < -0.3 is 5.32 Å². The molecule has 0 aliphatic heterocycles. The summed E-state index contributed by atoms with van der Waals surface area (Å²) in [6.07, 6.45) is 10.1. The third-order valence-corrected chi connectivity index (χ3v) is 7.42.